The molecule has 2 aromatic carbocycles. The van der Waals surface area contributed by atoms with Crippen molar-refractivity contribution in [3.8, 4) is 0 Å². The van der Waals surface area contributed by atoms with E-state index < -0.39 is 0 Å². The minimum Gasteiger partial charge on any atom is -0.339 e. The average Bonchev–Trinajstić information content (AvgIpc) is 3.28. The molecule has 0 radical (unpaired) electrons. The number of nitrogens with one attached hydrogen (secondary N) is 1. The molecule has 0 bridgehead atoms. The van der Waals surface area contributed by atoms with Crippen LogP contribution in [0, 0.1) is 0 Å². The Kier molecular flexibility index (Phi) is 4.97. The first kappa shape index (κ1) is 19.2. The van der Waals surface area contributed by atoms with Crippen molar-refractivity contribution in [1.82, 2.24) is 14.5 Å². The molecule has 1 aliphatic heterocycles. The van der Waals surface area contributed by atoms with Gasteiger partial charge in [0.2, 0.25) is 5.91 Å². The lowest BCUT2D eigenvalue weighted by molar-refractivity contribution is -0.127. The third-order valence-corrected chi connectivity index (χ3v) is 7.36. The Morgan fingerprint density at radius 2 is 1.83 bits per heavy atom. The molecule has 1 aliphatic rings. The number of hydrogen-bond acceptors (Lipinski definition) is 3. The fourth-order valence-corrected chi connectivity index (χ4v) is 5.57. The van der Waals surface area contributed by atoms with Crippen LogP contribution in [-0.4, -0.2) is 33.4 Å². The zero-order valence-electron chi connectivity index (χ0n) is 16.2. The van der Waals surface area contributed by atoms with E-state index in [9.17, 15) is 9.59 Å². The first-order valence-corrected chi connectivity index (χ1v) is 11.1. The molecule has 2 aromatic heterocycles. The summed E-state index contributed by atoms with van der Waals surface area (Å²) >= 11 is 8.05. The number of fused-ring (bicyclic) bond motifs is 2. The van der Waals surface area contributed by atoms with Crippen molar-refractivity contribution in [3.63, 3.8) is 0 Å². The summed E-state index contributed by atoms with van der Waals surface area (Å²) in [6.45, 7) is 1.25. The van der Waals surface area contributed by atoms with Crippen LogP contribution in [0.1, 0.15) is 23.8 Å². The van der Waals surface area contributed by atoms with Crippen molar-refractivity contribution in [1.29, 1.82) is 0 Å². The Morgan fingerprint density at radius 3 is 2.63 bits per heavy atom. The van der Waals surface area contributed by atoms with Gasteiger partial charge >= 0.3 is 5.69 Å². The number of halogens is 1. The van der Waals surface area contributed by atoms with Crippen LogP contribution in [0.3, 0.4) is 0 Å². The average molecular weight is 438 g/mol. The molecule has 7 heteroatoms. The van der Waals surface area contributed by atoms with E-state index in [1.54, 1.807) is 17.4 Å². The number of likely N-dealkylation sites (tertiary alicyclic amines) is 1. The number of aromatic amines is 1. The second kappa shape index (κ2) is 7.78. The van der Waals surface area contributed by atoms with Gasteiger partial charge in [-0.15, -0.1) is 11.3 Å². The molecule has 4 aromatic rings. The van der Waals surface area contributed by atoms with E-state index >= 15 is 0 Å². The lowest BCUT2D eigenvalue weighted by atomic mass is 10.0. The summed E-state index contributed by atoms with van der Waals surface area (Å²) in [7, 11) is 0. The molecule has 0 atom stereocenters. The summed E-state index contributed by atoms with van der Waals surface area (Å²) in [5, 5.41) is 1.71. The number of H-pyrrole nitrogens is 1. The third kappa shape index (κ3) is 3.36. The van der Waals surface area contributed by atoms with Gasteiger partial charge in [-0.05, 0) is 37.1 Å². The zero-order chi connectivity index (χ0) is 20.7. The summed E-state index contributed by atoms with van der Waals surface area (Å²) in [5.74, 6) is -0.0201. The number of para-hydroxylation sites is 2. The maximum absolute atomic E-state index is 12.7. The van der Waals surface area contributed by atoms with Crippen LogP contribution >= 0.6 is 22.9 Å². The molecule has 1 amide bonds. The molecule has 0 saturated carbocycles. The van der Waals surface area contributed by atoms with Gasteiger partial charge in [-0.2, -0.15) is 0 Å². The predicted octanol–water partition coefficient (Wildman–Crippen LogP) is 5.07. The number of imidazole rings is 1. The van der Waals surface area contributed by atoms with Gasteiger partial charge < -0.3 is 9.88 Å². The Bertz CT molecular complexity index is 1330. The van der Waals surface area contributed by atoms with Crippen molar-refractivity contribution in [2.24, 2.45) is 0 Å². The number of nitrogens with zero attached hydrogens (tertiary/aromatic N) is 2. The SMILES string of the molecule is O=C(C=Cc1sc2ccccc2c1Cl)N1CCC(n2c(=O)[nH]c3ccccc32)CC1. The first-order valence-electron chi connectivity index (χ1n) is 9.95. The maximum Gasteiger partial charge on any atom is 0.326 e. The minimum absolute atomic E-state index is 0.0201. The topological polar surface area (TPSA) is 58.1 Å². The fraction of sp³-hybridized carbons (Fsp3) is 0.217. The highest BCUT2D eigenvalue weighted by Crippen LogP contribution is 2.36. The molecule has 152 valence electrons. The monoisotopic (exact) mass is 437 g/mol. The van der Waals surface area contributed by atoms with Crippen LogP contribution in [0.4, 0.5) is 0 Å². The minimum atomic E-state index is -0.0831. The molecule has 0 unspecified atom stereocenters. The molecule has 5 nitrogen and oxygen atoms in total. The summed E-state index contributed by atoms with van der Waals surface area (Å²) in [4.78, 5) is 30.8. The molecule has 30 heavy (non-hydrogen) atoms. The van der Waals surface area contributed by atoms with Crippen molar-refractivity contribution >= 4 is 56.0 Å². The molecule has 1 fully saturated rings. The van der Waals surface area contributed by atoms with Gasteiger partial charge in [-0.25, -0.2) is 4.79 Å². The fourth-order valence-electron chi connectivity index (χ4n) is 4.17. The molecule has 3 heterocycles. The number of thiophene rings is 1. The Balaban J connectivity index is 1.28. The van der Waals surface area contributed by atoms with Crippen LogP contribution in [0.15, 0.2) is 59.4 Å². The number of amides is 1. The molecule has 1 N–H and O–H groups in total. The second-order valence-corrected chi connectivity index (χ2v) is 8.95. The largest absolute Gasteiger partial charge is 0.339 e. The zero-order valence-corrected chi connectivity index (χ0v) is 17.7. The van der Waals surface area contributed by atoms with E-state index in [4.69, 9.17) is 11.6 Å². The molecule has 5 rings (SSSR count). The summed E-state index contributed by atoms with van der Waals surface area (Å²) < 4.78 is 2.95. The third-order valence-electron chi connectivity index (χ3n) is 5.70. The van der Waals surface area contributed by atoms with E-state index in [0.29, 0.717) is 18.1 Å². The van der Waals surface area contributed by atoms with E-state index in [-0.39, 0.29) is 17.6 Å². The van der Waals surface area contributed by atoms with Crippen molar-refractivity contribution in [3.05, 3.63) is 75.0 Å². The number of carbonyl (C=O) groups excluding carboxylic acids is 1. The van der Waals surface area contributed by atoms with Gasteiger partial charge in [-0.3, -0.25) is 9.36 Å². The number of benzene rings is 2. The summed E-state index contributed by atoms with van der Waals surface area (Å²) in [5.41, 5.74) is 1.69. The predicted molar refractivity (Wildman–Crippen MR) is 123 cm³/mol. The highest BCUT2D eigenvalue weighted by atomic mass is 35.5. The van der Waals surface area contributed by atoms with Crippen molar-refractivity contribution in [2.75, 3.05) is 13.1 Å². The van der Waals surface area contributed by atoms with E-state index in [1.807, 2.05) is 64.1 Å². The van der Waals surface area contributed by atoms with Crippen LogP contribution in [0.2, 0.25) is 5.02 Å². The first-order chi connectivity index (χ1) is 14.6. The molecule has 0 aliphatic carbocycles. The lowest BCUT2D eigenvalue weighted by Crippen LogP contribution is -2.39. The van der Waals surface area contributed by atoms with Gasteiger partial charge in [-0.1, -0.05) is 41.9 Å². The Morgan fingerprint density at radius 1 is 1.10 bits per heavy atom. The van der Waals surface area contributed by atoms with Crippen LogP contribution < -0.4 is 5.69 Å². The van der Waals surface area contributed by atoms with Crippen LogP contribution in [0.25, 0.3) is 27.2 Å². The second-order valence-electron chi connectivity index (χ2n) is 7.48. The van der Waals surface area contributed by atoms with E-state index in [2.05, 4.69) is 4.98 Å². The smallest absolute Gasteiger partial charge is 0.326 e. The van der Waals surface area contributed by atoms with Gasteiger partial charge in [0.25, 0.3) is 0 Å². The molecule has 1 saturated heterocycles. The number of aromatic nitrogens is 2. The van der Waals surface area contributed by atoms with Crippen molar-refractivity contribution in [2.45, 2.75) is 18.9 Å². The van der Waals surface area contributed by atoms with Crippen LogP contribution in [0.5, 0.6) is 0 Å². The standard InChI is InChI=1S/C23H20ClN3O2S/c24-22-16-5-1-4-8-19(16)30-20(22)9-10-21(28)26-13-11-15(12-14-26)27-18-7-3-2-6-17(18)25-23(27)29/h1-10,15H,11-14H2,(H,25,29). The van der Waals surface area contributed by atoms with E-state index in [0.717, 1.165) is 38.8 Å². The maximum atomic E-state index is 12.7. The van der Waals surface area contributed by atoms with Crippen LogP contribution in [-0.2, 0) is 4.79 Å². The molecular formula is C23H20ClN3O2S. The quantitative estimate of drug-likeness (QED) is 0.454. The van der Waals surface area contributed by atoms with E-state index in [1.165, 1.54) is 0 Å². The molecular weight excluding hydrogens is 418 g/mol. The number of hydrogen-bond donors (Lipinski definition) is 1. The van der Waals surface area contributed by atoms with Gasteiger partial charge in [0, 0.05) is 40.2 Å². The van der Waals surface area contributed by atoms with Gasteiger partial charge in [0.05, 0.1) is 16.1 Å². The summed E-state index contributed by atoms with van der Waals surface area (Å²) in [6, 6.07) is 15.8. The molecule has 0 spiro atoms. The Hall–Kier alpha value is -2.83. The summed E-state index contributed by atoms with van der Waals surface area (Å²) in [6.07, 6.45) is 4.93. The number of piperidine rings is 1. The normalized spacial score (nSPS) is 15.6. The van der Waals surface area contributed by atoms with Gasteiger partial charge in [0.1, 0.15) is 0 Å². The van der Waals surface area contributed by atoms with Gasteiger partial charge in [0.15, 0.2) is 0 Å². The highest BCUT2D eigenvalue weighted by molar-refractivity contribution is 7.20. The number of rotatable bonds is 3. The lowest BCUT2D eigenvalue weighted by Gasteiger charge is -2.32. The Labute approximate surface area is 182 Å². The van der Waals surface area contributed by atoms with Crippen molar-refractivity contribution < 1.29 is 4.79 Å². The highest BCUT2D eigenvalue weighted by Gasteiger charge is 2.25. The number of carbonyl (C=O) groups is 1.